The molecule has 2 nitrogen and oxygen atoms in total. The van der Waals surface area contributed by atoms with Crippen LogP contribution < -0.4 is 9.80 Å². The van der Waals surface area contributed by atoms with Gasteiger partial charge in [0.05, 0.1) is 0 Å². The van der Waals surface area contributed by atoms with Gasteiger partial charge in [-0.15, -0.1) is 0 Å². The van der Waals surface area contributed by atoms with Crippen LogP contribution in [0.15, 0.2) is 170 Å². The molecule has 0 saturated carbocycles. The van der Waals surface area contributed by atoms with Gasteiger partial charge in [-0.3, -0.25) is 0 Å². The van der Waals surface area contributed by atoms with Crippen LogP contribution in [0, 0.1) is 55.4 Å². The van der Waals surface area contributed by atoms with Crippen LogP contribution >= 0.6 is 0 Å². The summed E-state index contributed by atoms with van der Waals surface area (Å²) in [4.78, 5) is 4.61. The van der Waals surface area contributed by atoms with Crippen molar-refractivity contribution >= 4 is 80.0 Å². The molecule has 0 unspecified atom stereocenters. The molecule has 0 amide bonds. The molecule has 64 heavy (non-hydrogen) atoms. The number of hydrogen-bond donors (Lipinski definition) is 0. The second kappa shape index (κ2) is 17.8. The number of fused-ring (bicyclic) bond motifs is 2. The van der Waals surface area contributed by atoms with Gasteiger partial charge in [-0.25, -0.2) is 0 Å². The Labute approximate surface area is 380 Å². The van der Waals surface area contributed by atoms with E-state index in [1.165, 1.54) is 88.3 Å². The van der Waals surface area contributed by atoms with Crippen molar-refractivity contribution in [1.82, 2.24) is 0 Å². The van der Waals surface area contributed by atoms with Crippen LogP contribution in [0.3, 0.4) is 0 Å². The van der Waals surface area contributed by atoms with Crippen molar-refractivity contribution in [1.29, 1.82) is 0 Å². The molecule has 0 heterocycles. The van der Waals surface area contributed by atoms with Gasteiger partial charge in [0, 0.05) is 34.1 Å². The third kappa shape index (κ3) is 7.71. The van der Waals surface area contributed by atoms with Crippen LogP contribution in [0.1, 0.15) is 66.8 Å². The van der Waals surface area contributed by atoms with E-state index in [0.29, 0.717) is 0 Å². The summed E-state index contributed by atoms with van der Waals surface area (Å²) < 4.78 is 0. The maximum Gasteiger partial charge on any atom is 0.0462 e. The number of anilines is 6. The molecule has 9 rings (SSSR count). The van der Waals surface area contributed by atoms with Crippen LogP contribution in [-0.4, -0.2) is 0 Å². The predicted octanol–water partition coefficient (Wildman–Crippen LogP) is 17.7. The van der Waals surface area contributed by atoms with Gasteiger partial charge in [-0.2, -0.15) is 0 Å². The second-order valence-electron chi connectivity index (χ2n) is 17.2. The smallest absolute Gasteiger partial charge is 0.0462 e. The Morgan fingerprint density at radius 3 is 0.766 bits per heavy atom. The first-order valence-electron chi connectivity index (χ1n) is 22.4. The van der Waals surface area contributed by atoms with Gasteiger partial charge in [0.15, 0.2) is 0 Å². The average Bonchev–Trinajstić information content (AvgIpc) is 3.33. The van der Waals surface area contributed by atoms with Gasteiger partial charge in [0.1, 0.15) is 0 Å². The molecular formula is C62H56N2. The molecule has 0 radical (unpaired) electrons. The largest absolute Gasteiger partial charge is 0.311 e. The minimum absolute atomic E-state index is 1.13. The Morgan fingerprint density at radius 2 is 0.484 bits per heavy atom. The van der Waals surface area contributed by atoms with Gasteiger partial charge in [0.25, 0.3) is 0 Å². The first-order chi connectivity index (χ1) is 31.1. The third-order valence-corrected chi connectivity index (χ3v) is 13.5. The Kier molecular flexibility index (Phi) is 11.6. The lowest BCUT2D eigenvalue weighted by atomic mass is 9.80. The van der Waals surface area contributed by atoms with E-state index in [-0.39, 0.29) is 0 Å². The highest BCUT2D eigenvalue weighted by atomic mass is 15.1. The monoisotopic (exact) mass is 828 g/mol. The van der Waals surface area contributed by atoms with E-state index in [1.807, 2.05) is 0 Å². The Hall–Kier alpha value is -7.42. The normalized spacial score (nSPS) is 11.6. The number of benzene rings is 9. The van der Waals surface area contributed by atoms with Crippen LogP contribution in [0.5, 0.6) is 0 Å². The number of hydrogen-bond acceptors (Lipinski definition) is 2. The van der Waals surface area contributed by atoms with Crippen molar-refractivity contribution in [2.75, 3.05) is 9.80 Å². The van der Waals surface area contributed by atoms with Gasteiger partial charge >= 0.3 is 0 Å². The molecule has 0 aliphatic carbocycles. The first kappa shape index (κ1) is 41.9. The van der Waals surface area contributed by atoms with Crippen LogP contribution in [0.2, 0.25) is 0 Å². The average molecular weight is 829 g/mol. The van der Waals surface area contributed by atoms with Crippen LogP contribution in [-0.2, 0) is 0 Å². The first-order valence-corrected chi connectivity index (χ1v) is 22.4. The zero-order chi connectivity index (χ0) is 44.5. The molecule has 0 aliphatic heterocycles. The van der Waals surface area contributed by atoms with E-state index in [0.717, 1.165) is 34.1 Å². The molecule has 0 aromatic heterocycles. The molecule has 9 aromatic carbocycles. The van der Waals surface area contributed by atoms with Crippen LogP contribution in [0.25, 0.3) is 45.8 Å². The van der Waals surface area contributed by atoms with Crippen molar-refractivity contribution in [3.8, 4) is 0 Å². The fraction of sp³-hybridized carbons (Fsp3) is 0.129. The van der Waals surface area contributed by atoms with E-state index in [9.17, 15) is 0 Å². The highest BCUT2D eigenvalue weighted by Gasteiger charge is 2.22. The Bertz CT molecular complexity index is 2880. The summed E-state index contributed by atoms with van der Waals surface area (Å²) in [6, 6.07) is 60.1. The summed E-state index contributed by atoms with van der Waals surface area (Å²) in [5.41, 5.74) is 22.6. The quantitative estimate of drug-likeness (QED) is 0.100. The summed E-state index contributed by atoms with van der Waals surface area (Å²) in [5.74, 6) is 0. The Morgan fingerprint density at radius 1 is 0.234 bits per heavy atom. The predicted molar refractivity (Wildman–Crippen MR) is 279 cm³/mol. The summed E-state index contributed by atoms with van der Waals surface area (Å²) in [5, 5.41) is 5.55. The second-order valence-corrected chi connectivity index (χ2v) is 17.2. The molecule has 0 bridgehead atoms. The molecule has 0 spiro atoms. The van der Waals surface area contributed by atoms with Crippen molar-refractivity contribution in [3.63, 3.8) is 0 Å². The van der Waals surface area contributed by atoms with E-state index < -0.39 is 0 Å². The van der Waals surface area contributed by atoms with Gasteiger partial charge in [-0.1, -0.05) is 121 Å². The number of rotatable bonds is 10. The minimum atomic E-state index is 1.13. The minimum Gasteiger partial charge on any atom is -0.311 e. The molecule has 0 atom stereocenters. The molecule has 0 aliphatic rings. The fourth-order valence-electron chi connectivity index (χ4n) is 10.0. The van der Waals surface area contributed by atoms with Crippen molar-refractivity contribution in [2.45, 2.75) is 55.4 Å². The number of aryl methyl sites for hydroxylation is 6. The van der Waals surface area contributed by atoms with E-state index >= 15 is 0 Å². The van der Waals surface area contributed by atoms with E-state index in [2.05, 4.69) is 259 Å². The summed E-state index contributed by atoms with van der Waals surface area (Å²) in [7, 11) is 0. The fourth-order valence-corrected chi connectivity index (χ4v) is 10.0. The molecule has 314 valence electrons. The number of para-hydroxylation sites is 4. The topological polar surface area (TPSA) is 6.48 Å². The van der Waals surface area contributed by atoms with Crippen molar-refractivity contribution in [2.24, 2.45) is 0 Å². The molecule has 0 N–H and O–H groups in total. The summed E-state index contributed by atoms with van der Waals surface area (Å²) in [6.45, 7) is 18.6. The molecule has 0 saturated heterocycles. The SMILES string of the molecule is Cc1c(/C=C\c2ccc(N(c3ccccc3)c3ccccc3)cc2)c(C)c2c(C)c3c(C)c(C)c(/C=C\c4ccc(N(c5ccccc5)c5ccccc5)cc4)c(C)c3c(C)c2c1C. The van der Waals surface area contributed by atoms with Gasteiger partial charge in [0.2, 0.25) is 0 Å². The molecule has 9 aromatic rings. The maximum atomic E-state index is 2.35. The number of nitrogens with zero attached hydrogens (tertiary/aromatic N) is 2. The lowest BCUT2D eigenvalue weighted by Gasteiger charge is -2.25. The maximum absolute atomic E-state index is 2.35. The lowest BCUT2D eigenvalue weighted by Crippen LogP contribution is -2.09. The van der Waals surface area contributed by atoms with Crippen LogP contribution in [0.4, 0.5) is 34.1 Å². The molecule has 0 fully saturated rings. The highest BCUT2D eigenvalue weighted by molar-refractivity contribution is 6.12. The van der Waals surface area contributed by atoms with Gasteiger partial charge < -0.3 is 9.80 Å². The Balaban J connectivity index is 1.05. The highest BCUT2D eigenvalue weighted by Crippen LogP contribution is 2.44. The molecular weight excluding hydrogens is 773 g/mol. The summed E-state index contributed by atoms with van der Waals surface area (Å²) in [6.07, 6.45) is 9.22. The van der Waals surface area contributed by atoms with Crippen molar-refractivity contribution < 1.29 is 0 Å². The zero-order valence-corrected chi connectivity index (χ0v) is 38.4. The van der Waals surface area contributed by atoms with E-state index in [4.69, 9.17) is 0 Å². The van der Waals surface area contributed by atoms with Gasteiger partial charge in [-0.05, 0) is 216 Å². The molecule has 2 heteroatoms. The van der Waals surface area contributed by atoms with E-state index in [1.54, 1.807) is 0 Å². The zero-order valence-electron chi connectivity index (χ0n) is 38.4. The third-order valence-electron chi connectivity index (χ3n) is 13.5. The summed E-state index contributed by atoms with van der Waals surface area (Å²) >= 11 is 0. The lowest BCUT2D eigenvalue weighted by molar-refractivity contribution is 1.28. The van der Waals surface area contributed by atoms with Crippen molar-refractivity contribution in [3.05, 3.63) is 237 Å². The standard InChI is InChI=1S/C62H56N2/c1-41-43(3)59-47(7)62-46(6)58(40-34-50-31-37-56(38-32-50)64(53-25-17-11-18-26-53)54-27-19-12-20-28-54)42(2)44(4)60(62)48(8)61(59)45(5)57(41)39-33-49-29-35-55(36-30-49)63(51-21-13-9-14-22-51)52-23-15-10-16-24-52/h9-40H,1-8H3/b39-33-,40-34-.